The third-order valence-corrected chi connectivity index (χ3v) is 4.63. The first-order chi connectivity index (χ1) is 13.9. The second-order valence-corrected chi connectivity index (χ2v) is 6.92. The van der Waals surface area contributed by atoms with E-state index >= 15 is 0 Å². The molecule has 8 heteroatoms. The van der Waals surface area contributed by atoms with Gasteiger partial charge in [0.05, 0.1) is 18.6 Å². The molecule has 0 radical (unpaired) electrons. The number of carbonyl (C=O) groups excluding carboxylic acids is 1. The molecule has 0 aliphatic carbocycles. The van der Waals surface area contributed by atoms with Crippen LogP contribution in [0, 0.1) is 0 Å². The van der Waals surface area contributed by atoms with Crippen molar-refractivity contribution in [1.82, 2.24) is 18.7 Å². The molecule has 0 spiro atoms. The second kappa shape index (κ2) is 8.30. The lowest BCUT2D eigenvalue weighted by molar-refractivity contribution is -0.143. The number of aromatic nitrogens is 4. The van der Waals surface area contributed by atoms with Crippen molar-refractivity contribution in [2.45, 2.75) is 39.8 Å². The first-order valence-corrected chi connectivity index (χ1v) is 9.46. The van der Waals surface area contributed by atoms with Crippen molar-refractivity contribution in [3.8, 4) is 5.69 Å². The number of hydrogen-bond acceptors (Lipinski definition) is 5. The molecule has 0 aliphatic heterocycles. The number of esters is 1. The van der Waals surface area contributed by atoms with Crippen LogP contribution in [0.2, 0.25) is 0 Å². The van der Waals surface area contributed by atoms with Gasteiger partial charge in [0.2, 0.25) is 0 Å². The fourth-order valence-electron chi connectivity index (χ4n) is 3.18. The minimum atomic E-state index is -0.526. The first-order valence-electron chi connectivity index (χ1n) is 9.46. The van der Waals surface area contributed by atoms with Gasteiger partial charge in [0.25, 0.3) is 5.56 Å². The van der Waals surface area contributed by atoms with Crippen LogP contribution in [0.3, 0.4) is 0 Å². The molecular weight excluding hydrogens is 372 g/mol. The zero-order valence-electron chi connectivity index (χ0n) is 16.8. The lowest BCUT2D eigenvalue weighted by Crippen LogP contribution is -2.40. The lowest BCUT2D eigenvalue weighted by atomic mass is 10.0. The molecule has 0 saturated heterocycles. The molecule has 8 nitrogen and oxygen atoms in total. The van der Waals surface area contributed by atoms with Crippen molar-refractivity contribution in [3.63, 3.8) is 0 Å². The van der Waals surface area contributed by atoms with E-state index in [-0.39, 0.29) is 30.9 Å². The van der Waals surface area contributed by atoms with Crippen LogP contribution in [-0.2, 0) is 22.6 Å². The van der Waals surface area contributed by atoms with Crippen LogP contribution in [0.4, 0.5) is 0 Å². The Morgan fingerprint density at radius 1 is 1.24 bits per heavy atom. The summed E-state index contributed by atoms with van der Waals surface area (Å²) in [6, 6.07) is 7.53. The van der Waals surface area contributed by atoms with E-state index in [0.29, 0.717) is 11.6 Å². The summed E-state index contributed by atoms with van der Waals surface area (Å²) in [5, 5.41) is 0. The van der Waals surface area contributed by atoms with Gasteiger partial charge in [0.15, 0.2) is 11.2 Å². The molecule has 0 N–H and O–H groups in total. The second-order valence-electron chi connectivity index (χ2n) is 6.92. The summed E-state index contributed by atoms with van der Waals surface area (Å²) in [4.78, 5) is 42.3. The molecule has 29 heavy (non-hydrogen) atoms. The molecule has 2 heterocycles. The van der Waals surface area contributed by atoms with Crippen molar-refractivity contribution in [1.29, 1.82) is 0 Å². The molecular formula is C21H24N4O4. The third-order valence-electron chi connectivity index (χ3n) is 4.63. The Bertz CT molecular complexity index is 1170. The number of hydrogen-bond donors (Lipinski definition) is 0. The fraction of sp³-hybridized carbons (Fsp3) is 0.333. The summed E-state index contributed by atoms with van der Waals surface area (Å²) in [5.41, 5.74) is 1.03. The highest BCUT2D eigenvalue weighted by molar-refractivity contribution is 5.76. The van der Waals surface area contributed by atoms with Crippen LogP contribution in [-0.4, -0.2) is 31.3 Å². The van der Waals surface area contributed by atoms with Gasteiger partial charge in [0, 0.05) is 6.54 Å². The van der Waals surface area contributed by atoms with Crippen LogP contribution < -0.4 is 11.2 Å². The van der Waals surface area contributed by atoms with Crippen LogP contribution in [0.25, 0.3) is 16.9 Å². The molecule has 152 valence electrons. The van der Waals surface area contributed by atoms with Crippen molar-refractivity contribution in [2.24, 2.45) is 0 Å². The predicted octanol–water partition coefficient (Wildman–Crippen LogP) is 2.22. The Kier molecular flexibility index (Phi) is 5.81. The maximum absolute atomic E-state index is 13.1. The standard InChI is InChI=1S/C21H24N4O4/c1-5-11-24-20(27)18-19(22-13-23(18)12-17(26)29-6-2)25(21(24)28)16-9-7-15(8-10-16)14(3)4/h5,7-10,13-14H,1,6,11-12H2,2-4H3. The molecule has 0 fully saturated rings. The highest BCUT2D eigenvalue weighted by Gasteiger charge is 2.20. The van der Waals surface area contributed by atoms with E-state index in [1.54, 1.807) is 6.92 Å². The van der Waals surface area contributed by atoms with Crippen LogP contribution in [0.5, 0.6) is 0 Å². The zero-order valence-corrected chi connectivity index (χ0v) is 16.8. The summed E-state index contributed by atoms with van der Waals surface area (Å²) in [5.74, 6) is -0.139. The van der Waals surface area contributed by atoms with Gasteiger partial charge in [-0.2, -0.15) is 0 Å². The van der Waals surface area contributed by atoms with Gasteiger partial charge in [-0.3, -0.25) is 14.2 Å². The molecule has 0 atom stereocenters. The van der Waals surface area contributed by atoms with Crippen molar-refractivity contribution < 1.29 is 9.53 Å². The number of nitrogens with zero attached hydrogens (tertiary/aromatic N) is 4. The SMILES string of the molecule is C=CCn1c(=O)c2c(ncn2CC(=O)OCC)n(-c2ccc(C(C)C)cc2)c1=O. The highest BCUT2D eigenvalue weighted by atomic mass is 16.5. The van der Waals surface area contributed by atoms with Gasteiger partial charge in [-0.15, -0.1) is 6.58 Å². The lowest BCUT2D eigenvalue weighted by Gasteiger charge is -2.13. The first kappa shape index (κ1) is 20.3. The Morgan fingerprint density at radius 2 is 1.93 bits per heavy atom. The normalized spacial score (nSPS) is 11.2. The molecule has 0 aliphatic rings. The third kappa shape index (κ3) is 3.78. The van der Waals surface area contributed by atoms with Crippen molar-refractivity contribution >= 4 is 17.1 Å². The van der Waals surface area contributed by atoms with E-state index in [1.807, 2.05) is 24.3 Å². The number of imidazole rings is 1. The molecule has 0 bridgehead atoms. The van der Waals surface area contributed by atoms with Gasteiger partial charge >= 0.3 is 11.7 Å². The number of allylic oxidation sites excluding steroid dienone is 1. The maximum Gasteiger partial charge on any atom is 0.337 e. The van der Waals surface area contributed by atoms with E-state index in [1.165, 1.54) is 21.5 Å². The topological polar surface area (TPSA) is 88.1 Å². The van der Waals surface area contributed by atoms with Crippen LogP contribution >= 0.6 is 0 Å². The highest BCUT2D eigenvalue weighted by Crippen LogP contribution is 2.18. The Hall–Kier alpha value is -3.42. The molecule has 3 rings (SSSR count). The van der Waals surface area contributed by atoms with E-state index in [0.717, 1.165) is 10.1 Å². The summed E-state index contributed by atoms with van der Waals surface area (Å²) in [6.07, 6.45) is 2.85. The van der Waals surface area contributed by atoms with Gasteiger partial charge in [0.1, 0.15) is 6.54 Å². The monoisotopic (exact) mass is 396 g/mol. The quantitative estimate of drug-likeness (QED) is 0.451. The zero-order chi connectivity index (χ0) is 21.1. The Morgan fingerprint density at radius 3 is 2.52 bits per heavy atom. The Balaban J connectivity index is 2.27. The smallest absolute Gasteiger partial charge is 0.337 e. The van der Waals surface area contributed by atoms with E-state index in [2.05, 4.69) is 25.4 Å². The van der Waals surface area contributed by atoms with Crippen molar-refractivity contribution in [2.75, 3.05) is 6.61 Å². The maximum atomic E-state index is 13.1. The minimum absolute atomic E-state index is 0.0439. The van der Waals surface area contributed by atoms with Crippen molar-refractivity contribution in [3.05, 3.63) is 69.6 Å². The summed E-state index contributed by atoms with van der Waals surface area (Å²) < 4.78 is 8.84. The molecule has 0 amide bonds. The number of ether oxygens (including phenoxy) is 1. The molecule has 0 saturated carbocycles. The number of benzene rings is 1. The van der Waals surface area contributed by atoms with E-state index in [9.17, 15) is 14.4 Å². The largest absolute Gasteiger partial charge is 0.465 e. The number of carbonyl (C=O) groups is 1. The summed E-state index contributed by atoms with van der Waals surface area (Å²) in [6.45, 7) is 9.62. The summed E-state index contributed by atoms with van der Waals surface area (Å²) >= 11 is 0. The molecule has 3 aromatic rings. The van der Waals surface area contributed by atoms with Gasteiger partial charge in [-0.25, -0.2) is 14.3 Å². The number of rotatable bonds is 7. The van der Waals surface area contributed by atoms with Crippen LogP contribution in [0.15, 0.2) is 52.8 Å². The number of fused-ring (bicyclic) bond motifs is 1. The van der Waals surface area contributed by atoms with E-state index < -0.39 is 17.2 Å². The van der Waals surface area contributed by atoms with Gasteiger partial charge in [-0.05, 0) is 30.5 Å². The average molecular weight is 396 g/mol. The fourth-order valence-corrected chi connectivity index (χ4v) is 3.18. The molecule has 0 unspecified atom stereocenters. The van der Waals surface area contributed by atoms with E-state index in [4.69, 9.17) is 4.74 Å². The Labute approximate surface area is 167 Å². The van der Waals surface area contributed by atoms with Gasteiger partial charge in [-0.1, -0.05) is 32.1 Å². The molecule has 1 aromatic carbocycles. The van der Waals surface area contributed by atoms with Gasteiger partial charge < -0.3 is 9.30 Å². The average Bonchev–Trinajstić information content (AvgIpc) is 3.09. The predicted molar refractivity (Wildman–Crippen MR) is 111 cm³/mol. The minimum Gasteiger partial charge on any atom is -0.465 e. The summed E-state index contributed by atoms with van der Waals surface area (Å²) in [7, 11) is 0. The molecule has 2 aromatic heterocycles. The van der Waals surface area contributed by atoms with Crippen LogP contribution in [0.1, 0.15) is 32.3 Å².